The smallest absolute Gasteiger partial charge is 0.261 e. The molecular weight excluding hydrogens is 400 g/mol. The SMILES string of the molecule is C=C1CC(CCCO[Si](c2ccccc2)(c2ccccc2)C(C)(C)C)OC1CCCO. The number of hydrogen-bond acceptors (Lipinski definition) is 3. The van der Waals surface area contributed by atoms with Gasteiger partial charge in [-0.25, -0.2) is 0 Å². The maximum absolute atomic E-state index is 9.08. The van der Waals surface area contributed by atoms with Crippen LogP contribution in [0.15, 0.2) is 72.8 Å². The summed E-state index contributed by atoms with van der Waals surface area (Å²) in [6.45, 7) is 12.1. The topological polar surface area (TPSA) is 38.7 Å². The van der Waals surface area contributed by atoms with Gasteiger partial charge in [-0.15, -0.1) is 0 Å². The second-order valence-corrected chi connectivity index (χ2v) is 13.9. The first kappa shape index (κ1) is 23.9. The Morgan fingerprint density at radius 2 is 1.55 bits per heavy atom. The molecule has 0 saturated carbocycles. The maximum Gasteiger partial charge on any atom is 0.261 e. The summed E-state index contributed by atoms with van der Waals surface area (Å²) in [5.41, 5.74) is 1.17. The van der Waals surface area contributed by atoms with Gasteiger partial charge in [-0.1, -0.05) is 88.0 Å². The lowest BCUT2D eigenvalue weighted by molar-refractivity contribution is 0.0366. The fourth-order valence-electron chi connectivity index (χ4n) is 4.82. The summed E-state index contributed by atoms with van der Waals surface area (Å²) < 4.78 is 13.2. The van der Waals surface area contributed by atoms with Gasteiger partial charge in [0.25, 0.3) is 8.32 Å². The summed E-state index contributed by atoms with van der Waals surface area (Å²) in [4.78, 5) is 0. The van der Waals surface area contributed by atoms with Crippen molar-refractivity contribution in [2.45, 2.75) is 70.1 Å². The van der Waals surface area contributed by atoms with Gasteiger partial charge in [0.1, 0.15) is 0 Å². The van der Waals surface area contributed by atoms with Gasteiger partial charge < -0.3 is 14.3 Å². The van der Waals surface area contributed by atoms with Crippen molar-refractivity contribution in [3.63, 3.8) is 0 Å². The highest BCUT2D eigenvalue weighted by Crippen LogP contribution is 2.37. The van der Waals surface area contributed by atoms with Crippen LogP contribution in [0.5, 0.6) is 0 Å². The van der Waals surface area contributed by atoms with E-state index in [0.29, 0.717) is 0 Å². The van der Waals surface area contributed by atoms with E-state index in [1.54, 1.807) is 0 Å². The molecule has 2 aromatic rings. The minimum Gasteiger partial charge on any atom is -0.407 e. The van der Waals surface area contributed by atoms with Gasteiger partial charge in [-0.3, -0.25) is 0 Å². The molecule has 0 radical (unpaired) electrons. The van der Waals surface area contributed by atoms with E-state index >= 15 is 0 Å². The number of aliphatic hydroxyl groups is 1. The minimum absolute atomic E-state index is 0.00322. The predicted molar refractivity (Wildman–Crippen MR) is 132 cm³/mol. The van der Waals surface area contributed by atoms with Crippen LogP contribution in [0.2, 0.25) is 5.04 Å². The number of rotatable bonds is 10. The molecule has 4 heteroatoms. The Balaban J connectivity index is 1.71. The van der Waals surface area contributed by atoms with Gasteiger partial charge in [-0.2, -0.15) is 0 Å². The standard InChI is InChI=1S/C27H38O3Si/c1-22-21-23(30-26(22)18-11-19-28)13-12-20-29-31(27(2,3)4,24-14-7-5-8-15-24)25-16-9-6-10-17-25/h5-10,14-17,23,26,28H,1,11-13,18-21H2,2-4H3. The highest BCUT2D eigenvalue weighted by molar-refractivity contribution is 6.99. The highest BCUT2D eigenvalue weighted by Gasteiger charge is 2.50. The number of ether oxygens (including phenoxy) is 1. The van der Waals surface area contributed by atoms with Crippen molar-refractivity contribution >= 4 is 18.7 Å². The summed E-state index contributed by atoms with van der Waals surface area (Å²) in [7, 11) is -2.46. The van der Waals surface area contributed by atoms with Crippen molar-refractivity contribution in [2.24, 2.45) is 0 Å². The van der Waals surface area contributed by atoms with Crippen molar-refractivity contribution in [3.8, 4) is 0 Å². The molecule has 1 aliphatic heterocycles. The largest absolute Gasteiger partial charge is 0.407 e. The number of aliphatic hydroxyl groups excluding tert-OH is 1. The summed E-state index contributed by atoms with van der Waals surface area (Å²) in [5.74, 6) is 0. The zero-order valence-electron chi connectivity index (χ0n) is 19.3. The van der Waals surface area contributed by atoms with Crippen molar-refractivity contribution in [1.29, 1.82) is 0 Å². The van der Waals surface area contributed by atoms with Crippen LogP contribution >= 0.6 is 0 Å². The molecule has 1 N–H and O–H groups in total. The zero-order chi connectivity index (χ0) is 22.3. The van der Waals surface area contributed by atoms with Crippen LogP contribution < -0.4 is 10.4 Å². The lowest BCUT2D eigenvalue weighted by atomic mass is 10.0. The van der Waals surface area contributed by atoms with Crippen LogP contribution in [0.3, 0.4) is 0 Å². The van der Waals surface area contributed by atoms with Gasteiger partial charge >= 0.3 is 0 Å². The minimum atomic E-state index is -2.46. The van der Waals surface area contributed by atoms with Gasteiger partial charge in [0.05, 0.1) is 12.2 Å². The molecule has 1 aliphatic rings. The summed E-state index contributed by atoms with van der Waals surface area (Å²) in [6, 6.07) is 21.6. The van der Waals surface area contributed by atoms with Gasteiger partial charge in [-0.05, 0) is 53.1 Å². The molecule has 0 bridgehead atoms. The second-order valence-electron chi connectivity index (χ2n) is 9.63. The quantitative estimate of drug-likeness (QED) is 0.328. The van der Waals surface area contributed by atoms with E-state index in [2.05, 4.69) is 88.0 Å². The first-order chi connectivity index (χ1) is 14.9. The fraction of sp³-hybridized carbons (Fsp3) is 0.481. The van der Waals surface area contributed by atoms with Crippen LogP contribution in [0.4, 0.5) is 0 Å². The van der Waals surface area contributed by atoms with Crippen molar-refractivity contribution in [2.75, 3.05) is 13.2 Å². The predicted octanol–water partition coefficient (Wildman–Crippen LogP) is 4.83. The lowest BCUT2D eigenvalue weighted by Gasteiger charge is -2.43. The lowest BCUT2D eigenvalue weighted by Crippen LogP contribution is -2.66. The molecule has 1 fully saturated rings. The molecule has 0 aliphatic carbocycles. The summed E-state index contributed by atoms with van der Waals surface area (Å²) >= 11 is 0. The third-order valence-electron chi connectivity index (χ3n) is 6.33. The highest BCUT2D eigenvalue weighted by atomic mass is 28.4. The average molecular weight is 439 g/mol. The monoisotopic (exact) mass is 438 g/mol. The second kappa shape index (κ2) is 10.7. The molecule has 3 nitrogen and oxygen atoms in total. The molecule has 3 rings (SSSR count). The van der Waals surface area contributed by atoms with Crippen LogP contribution in [-0.4, -0.2) is 38.8 Å². The number of hydrogen-bond donors (Lipinski definition) is 1. The molecule has 1 saturated heterocycles. The van der Waals surface area contributed by atoms with Crippen LogP contribution in [0, 0.1) is 0 Å². The third kappa shape index (κ3) is 5.56. The molecule has 0 spiro atoms. The Labute approximate surface area is 189 Å². The van der Waals surface area contributed by atoms with E-state index in [4.69, 9.17) is 14.3 Å². The maximum atomic E-state index is 9.08. The first-order valence-corrected chi connectivity index (χ1v) is 13.5. The molecule has 0 amide bonds. The number of benzene rings is 2. The van der Waals surface area contributed by atoms with Crippen molar-refractivity contribution < 1.29 is 14.3 Å². The van der Waals surface area contributed by atoms with Crippen molar-refractivity contribution in [1.82, 2.24) is 0 Å². The molecule has 2 atom stereocenters. The van der Waals surface area contributed by atoms with E-state index in [1.807, 2.05) is 0 Å². The van der Waals surface area contributed by atoms with E-state index in [-0.39, 0.29) is 23.9 Å². The van der Waals surface area contributed by atoms with Gasteiger partial charge in [0, 0.05) is 13.2 Å². The summed E-state index contributed by atoms with van der Waals surface area (Å²) in [5, 5.41) is 11.7. The van der Waals surface area contributed by atoms with Crippen molar-refractivity contribution in [3.05, 3.63) is 72.8 Å². The Bertz CT molecular complexity index is 774. The molecule has 2 unspecified atom stereocenters. The van der Waals surface area contributed by atoms with Gasteiger partial charge in [0.2, 0.25) is 0 Å². The molecule has 2 aromatic carbocycles. The van der Waals surface area contributed by atoms with Gasteiger partial charge in [0.15, 0.2) is 0 Å². The van der Waals surface area contributed by atoms with E-state index in [1.165, 1.54) is 15.9 Å². The Kier molecular flexibility index (Phi) is 8.28. The Morgan fingerprint density at radius 3 is 2.06 bits per heavy atom. The Hall–Kier alpha value is -1.72. The summed E-state index contributed by atoms with van der Waals surface area (Å²) in [6.07, 6.45) is 4.84. The molecular formula is C27H38O3Si. The van der Waals surface area contributed by atoms with E-state index in [0.717, 1.165) is 38.7 Å². The average Bonchev–Trinajstić information content (AvgIpc) is 3.12. The molecule has 1 heterocycles. The normalized spacial score (nSPS) is 19.7. The molecule has 31 heavy (non-hydrogen) atoms. The Morgan fingerprint density at radius 1 is 0.968 bits per heavy atom. The first-order valence-electron chi connectivity index (χ1n) is 11.6. The van der Waals surface area contributed by atoms with Crippen LogP contribution in [0.25, 0.3) is 0 Å². The molecule has 0 aromatic heterocycles. The fourth-order valence-corrected chi connectivity index (χ4v) is 9.42. The van der Waals surface area contributed by atoms with Crippen LogP contribution in [-0.2, 0) is 9.16 Å². The van der Waals surface area contributed by atoms with Crippen LogP contribution in [0.1, 0.15) is 52.9 Å². The third-order valence-corrected chi connectivity index (χ3v) is 11.4. The zero-order valence-corrected chi connectivity index (χ0v) is 20.3. The molecule has 168 valence electrons. The van der Waals surface area contributed by atoms with E-state index in [9.17, 15) is 0 Å². The van der Waals surface area contributed by atoms with E-state index < -0.39 is 8.32 Å².